The van der Waals surface area contributed by atoms with Gasteiger partial charge in [-0.1, -0.05) is 46.8 Å². The van der Waals surface area contributed by atoms with E-state index < -0.39 is 24.1 Å². The van der Waals surface area contributed by atoms with Gasteiger partial charge in [-0.2, -0.15) is 5.10 Å². The molecule has 3 heterocycles. The summed E-state index contributed by atoms with van der Waals surface area (Å²) in [5, 5.41) is 31.8. The third-order valence-electron chi connectivity index (χ3n) is 8.51. The second kappa shape index (κ2) is 13.6. The molecule has 0 bridgehead atoms. The highest BCUT2D eigenvalue weighted by atomic mass is 16.5. The van der Waals surface area contributed by atoms with Crippen LogP contribution in [0.5, 0.6) is 5.75 Å². The van der Waals surface area contributed by atoms with E-state index in [1.807, 2.05) is 70.5 Å². The van der Waals surface area contributed by atoms with Gasteiger partial charge in [-0.25, -0.2) is 0 Å². The molecule has 0 spiro atoms. The zero-order chi connectivity index (χ0) is 30.6. The average molecular weight is 584 g/mol. The molecule has 2 aromatic rings. The first kappa shape index (κ1) is 32.0. The highest BCUT2D eigenvalue weighted by Gasteiger charge is 2.45. The van der Waals surface area contributed by atoms with Crippen LogP contribution in [-0.2, 0) is 16.1 Å². The molecule has 4 atom stereocenters. The summed E-state index contributed by atoms with van der Waals surface area (Å²) in [5.74, 6) is -0.144. The van der Waals surface area contributed by atoms with Gasteiger partial charge in [0, 0.05) is 42.8 Å². The molecule has 1 aromatic heterocycles. The molecule has 0 saturated carbocycles. The van der Waals surface area contributed by atoms with E-state index >= 15 is 0 Å². The van der Waals surface area contributed by atoms with Crippen molar-refractivity contribution in [2.24, 2.45) is 17.3 Å². The Hall–Kier alpha value is -2.95. The molecule has 2 amide bonds. The summed E-state index contributed by atoms with van der Waals surface area (Å²) in [6.45, 7) is 14.4. The first-order valence-electron chi connectivity index (χ1n) is 15.4. The highest BCUT2D eigenvalue weighted by Crippen LogP contribution is 2.37. The predicted molar refractivity (Wildman–Crippen MR) is 162 cm³/mol. The topological polar surface area (TPSA) is 129 Å². The number of hydrogen-bond acceptors (Lipinski definition) is 7. The van der Waals surface area contributed by atoms with Gasteiger partial charge >= 0.3 is 0 Å². The minimum absolute atomic E-state index is 0.00911. The minimum Gasteiger partial charge on any atom is -0.490 e. The van der Waals surface area contributed by atoms with Crippen LogP contribution < -0.4 is 15.4 Å². The van der Waals surface area contributed by atoms with Crippen molar-refractivity contribution in [2.75, 3.05) is 26.2 Å². The number of piperidine rings is 1. The van der Waals surface area contributed by atoms with Crippen molar-refractivity contribution in [1.82, 2.24) is 25.3 Å². The van der Waals surface area contributed by atoms with E-state index in [1.54, 1.807) is 6.20 Å². The lowest BCUT2D eigenvalue weighted by Crippen LogP contribution is -2.51. The number of nitrogens with one attached hydrogen (secondary N) is 2. The maximum absolute atomic E-state index is 13.8. The van der Waals surface area contributed by atoms with Gasteiger partial charge < -0.3 is 30.5 Å². The normalized spacial score (nSPS) is 21.4. The molecule has 42 heavy (non-hydrogen) atoms. The Morgan fingerprint density at radius 2 is 1.90 bits per heavy atom. The Labute approximate surface area is 249 Å². The summed E-state index contributed by atoms with van der Waals surface area (Å²) in [7, 11) is 0. The summed E-state index contributed by atoms with van der Waals surface area (Å²) in [5.41, 5.74) is 2.25. The minimum atomic E-state index is -0.822. The van der Waals surface area contributed by atoms with Crippen molar-refractivity contribution in [3.05, 3.63) is 36.0 Å². The largest absolute Gasteiger partial charge is 0.490 e. The maximum atomic E-state index is 13.8. The van der Waals surface area contributed by atoms with E-state index in [1.165, 1.54) is 4.90 Å². The molecule has 2 saturated heterocycles. The second-order valence-electron chi connectivity index (χ2n) is 13.1. The number of aliphatic hydroxyl groups is 2. The van der Waals surface area contributed by atoms with Crippen molar-refractivity contribution in [1.29, 1.82) is 0 Å². The quantitative estimate of drug-likeness (QED) is 0.338. The lowest BCUT2D eigenvalue weighted by Gasteiger charge is -2.37. The Morgan fingerprint density at radius 3 is 2.52 bits per heavy atom. The Balaban J connectivity index is 1.61. The second-order valence-corrected chi connectivity index (χ2v) is 13.1. The van der Waals surface area contributed by atoms with E-state index in [2.05, 4.69) is 15.7 Å². The van der Waals surface area contributed by atoms with Gasteiger partial charge in [-0.3, -0.25) is 14.3 Å². The number of aliphatic hydroxyl groups excluding tert-OH is 2. The number of aromatic nitrogens is 2. The van der Waals surface area contributed by atoms with E-state index in [0.29, 0.717) is 11.3 Å². The Morgan fingerprint density at radius 1 is 1.19 bits per heavy atom. The predicted octanol–water partition coefficient (Wildman–Crippen LogP) is 3.13. The summed E-state index contributed by atoms with van der Waals surface area (Å²) >= 11 is 0. The van der Waals surface area contributed by atoms with Crippen molar-refractivity contribution in [3.63, 3.8) is 0 Å². The fourth-order valence-corrected chi connectivity index (χ4v) is 6.64. The number of carbonyl (C=O) groups excluding carboxylic acids is 2. The average Bonchev–Trinajstić information content (AvgIpc) is 3.58. The molecule has 2 aliphatic heterocycles. The van der Waals surface area contributed by atoms with Crippen LogP contribution in [0.1, 0.15) is 72.4 Å². The molecule has 10 nitrogen and oxygen atoms in total. The maximum Gasteiger partial charge on any atom is 0.243 e. The van der Waals surface area contributed by atoms with Gasteiger partial charge in [0.1, 0.15) is 17.9 Å². The number of ether oxygens (including phenoxy) is 1. The highest BCUT2D eigenvalue weighted by molar-refractivity contribution is 5.90. The summed E-state index contributed by atoms with van der Waals surface area (Å²) in [6.07, 6.45) is 2.86. The number of likely N-dealkylation sites (tertiary alicyclic amines) is 1. The standard InChI is InChI=1S/C32H49N5O5/c1-7-37-26(12-15-34-37)21-8-9-24(28(16-21)42-23-10-13-33-14-11-23)25(19-38)35-30(40)27-17-22(39)18-36(27)31(41)29(20(2)3)32(4,5)6/h8-9,12,15-16,20,22-23,25,27,29,33,38-39H,7,10-11,13-14,17-19H2,1-6H3,(H,35,40). The lowest BCUT2D eigenvalue weighted by atomic mass is 9.73. The van der Waals surface area contributed by atoms with Crippen LogP contribution >= 0.6 is 0 Å². The number of carbonyl (C=O) groups is 2. The fraction of sp³-hybridized carbons (Fsp3) is 0.656. The number of aryl methyl sites for hydroxylation is 1. The summed E-state index contributed by atoms with van der Waals surface area (Å²) < 4.78 is 8.43. The lowest BCUT2D eigenvalue weighted by molar-refractivity contribution is -0.146. The van der Waals surface area contributed by atoms with Gasteiger partial charge in [0.05, 0.1) is 24.4 Å². The number of amides is 2. The molecule has 4 N–H and O–H groups in total. The van der Waals surface area contributed by atoms with Gasteiger partial charge in [0.15, 0.2) is 0 Å². The number of hydrogen-bond donors (Lipinski definition) is 4. The van der Waals surface area contributed by atoms with Crippen LogP contribution in [0.2, 0.25) is 0 Å². The van der Waals surface area contributed by atoms with E-state index in [9.17, 15) is 19.8 Å². The van der Waals surface area contributed by atoms with Crippen molar-refractivity contribution in [2.45, 2.75) is 91.6 Å². The van der Waals surface area contributed by atoms with E-state index in [4.69, 9.17) is 4.74 Å². The van der Waals surface area contributed by atoms with Gasteiger partial charge in [0.25, 0.3) is 0 Å². The van der Waals surface area contributed by atoms with E-state index in [-0.39, 0.29) is 48.8 Å². The van der Waals surface area contributed by atoms with Crippen LogP contribution in [0.25, 0.3) is 11.3 Å². The molecule has 2 aliphatic rings. The molecule has 4 unspecified atom stereocenters. The molecule has 10 heteroatoms. The van der Waals surface area contributed by atoms with Crippen LogP contribution in [-0.4, -0.2) is 81.2 Å². The van der Waals surface area contributed by atoms with Crippen LogP contribution in [0.15, 0.2) is 30.5 Å². The zero-order valence-corrected chi connectivity index (χ0v) is 26.0. The number of β-amino-alcohol motifs (C(OH)–C–C–N with tert-alkyl or cyclic N) is 1. The molecule has 0 aliphatic carbocycles. The zero-order valence-electron chi connectivity index (χ0n) is 26.0. The van der Waals surface area contributed by atoms with E-state index in [0.717, 1.165) is 43.7 Å². The number of benzene rings is 1. The Bertz CT molecular complexity index is 1220. The number of rotatable bonds is 10. The first-order valence-corrected chi connectivity index (χ1v) is 15.4. The summed E-state index contributed by atoms with van der Waals surface area (Å²) in [6, 6.07) is 6.18. The van der Waals surface area contributed by atoms with Crippen LogP contribution in [0, 0.1) is 17.3 Å². The third-order valence-corrected chi connectivity index (χ3v) is 8.51. The fourth-order valence-electron chi connectivity index (χ4n) is 6.64. The molecule has 4 rings (SSSR count). The Kier molecular flexibility index (Phi) is 10.3. The number of nitrogens with zero attached hydrogens (tertiary/aromatic N) is 3. The van der Waals surface area contributed by atoms with Gasteiger partial charge in [-0.05, 0) is 56.3 Å². The molecule has 232 valence electrons. The SMILES string of the molecule is CCn1nccc1-c1ccc(C(CO)NC(=O)C2CC(O)CN2C(=O)C(C(C)C)C(C)(C)C)c(OC2CCNCC2)c1. The molecule has 1 aromatic carbocycles. The van der Waals surface area contributed by atoms with Crippen molar-refractivity contribution in [3.8, 4) is 17.0 Å². The molecular weight excluding hydrogens is 534 g/mol. The first-order chi connectivity index (χ1) is 19.9. The van der Waals surface area contributed by atoms with Gasteiger partial charge in [-0.15, -0.1) is 0 Å². The third kappa shape index (κ3) is 7.15. The molecule has 0 radical (unpaired) electrons. The van der Waals surface area contributed by atoms with Gasteiger partial charge in [0.2, 0.25) is 11.8 Å². The smallest absolute Gasteiger partial charge is 0.243 e. The van der Waals surface area contributed by atoms with Crippen LogP contribution in [0.3, 0.4) is 0 Å². The molecular formula is C32H49N5O5. The summed E-state index contributed by atoms with van der Waals surface area (Å²) in [4.78, 5) is 29.0. The van der Waals surface area contributed by atoms with Crippen molar-refractivity contribution < 1.29 is 24.5 Å². The molecule has 2 fully saturated rings. The van der Waals surface area contributed by atoms with Crippen molar-refractivity contribution >= 4 is 11.8 Å². The van der Waals surface area contributed by atoms with Crippen LogP contribution in [0.4, 0.5) is 0 Å². The monoisotopic (exact) mass is 583 g/mol.